The molecule has 2 aromatic heterocycles. The molecule has 3 saturated heterocycles. The van der Waals surface area contributed by atoms with Crippen LogP contribution < -0.4 is 10.1 Å². The Kier molecular flexibility index (Phi) is 4.04. The van der Waals surface area contributed by atoms with Crippen LogP contribution in [0.1, 0.15) is 27.5 Å². The molecule has 1 N–H and O–H groups in total. The third-order valence-electron chi connectivity index (χ3n) is 4.47. The van der Waals surface area contributed by atoms with E-state index in [2.05, 4.69) is 20.4 Å². The Bertz CT molecular complexity index is 706. The summed E-state index contributed by atoms with van der Waals surface area (Å²) in [6, 6.07) is 3.90. The molecule has 5 heterocycles. The lowest BCUT2D eigenvalue weighted by Crippen LogP contribution is -2.57. The average molecular weight is 350 g/mol. The minimum absolute atomic E-state index is 0.00274. The molecule has 3 aliphatic rings. The first-order chi connectivity index (χ1) is 11.2. The maximum Gasteiger partial charge on any atom is 0.300 e. The third kappa shape index (κ3) is 3.24. The van der Waals surface area contributed by atoms with Crippen molar-refractivity contribution in [2.24, 2.45) is 5.92 Å². The lowest BCUT2D eigenvalue weighted by molar-refractivity contribution is 0.0622. The van der Waals surface area contributed by atoms with Crippen molar-refractivity contribution < 1.29 is 9.53 Å². The van der Waals surface area contributed by atoms with E-state index in [0.29, 0.717) is 21.1 Å². The Labute approximate surface area is 142 Å². The second-order valence-corrected chi connectivity index (χ2v) is 8.22. The summed E-state index contributed by atoms with van der Waals surface area (Å²) in [6.07, 6.45) is 2.39. The number of amides is 1. The van der Waals surface area contributed by atoms with Crippen LogP contribution in [0.15, 0.2) is 12.1 Å². The van der Waals surface area contributed by atoms with Gasteiger partial charge >= 0.3 is 0 Å². The summed E-state index contributed by atoms with van der Waals surface area (Å²) in [6.45, 7) is 5.21. The van der Waals surface area contributed by atoms with Crippen molar-refractivity contribution in [3.05, 3.63) is 22.0 Å². The molecule has 1 amide bonds. The fraction of sp³-hybridized carbons (Fsp3) is 0.533. The van der Waals surface area contributed by atoms with E-state index in [-0.39, 0.29) is 11.9 Å². The first kappa shape index (κ1) is 15.0. The second-order valence-electron chi connectivity index (χ2n) is 6.03. The highest BCUT2D eigenvalue weighted by Crippen LogP contribution is 2.32. The number of fused-ring (bicyclic) bond motifs is 3. The fourth-order valence-electron chi connectivity index (χ4n) is 3.27. The summed E-state index contributed by atoms with van der Waals surface area (Å²) < 4.78 is 5.64. The highest BCUT2D eigenvalue weighted by molar-refractivity contribution is 7.16. The number of thiophene rings is 1. The van der Waals surface area contributed by atoms with Crippen LogP contribution in [-0.2, 0) is 0 Å². The Morgan fingerprint density at radius 3 is 2.78 bits per heavy atom. The van der Waals surface area contributed by atoms with Crippen molar-refractivity contribution in [2.75, 3.05) is 19.6 Å². The van der Waals surface area contributed by atoms with Gasteiger partial charge < -0.3 is 15.0 Å². The molecule has 2 aromatic rings. The number of ether oxygens (including phenoxy) is 1. The molecule has 1 atom stereocenters. The highest BCUT2D eigenvalue weighted by Gasteiger charge is 2.35. The van der Waals surface area contributed by atoms with Crippen molar-refractivity contribution in [1.29, 1.82) is 0 Å². The number of hydrogen-bond donors (Lipinski definition) is 1. The number of aromatic nitrogens is 2. The normalized spacial score (nSPS) is 26.2. The van der Waals surface area contributed by atoms with Crippen molar-refractivity contribution >= 4 is 28.6 Å². The molecular formula is C15H18N4O2S2. The number of carbonyl (C=O) groups is 1. The van der Waals surface area contributed by atoms with Gasteiger partial charge in [-0.1, -0.05) is 27.8 Å². The SMILES string of the molecule is Cc1nnc(Oc2ccc(C(=O)N[C@H]3CN4CCC3CC4)s2)s1. The Morgan fingerprint density at radius 2 is 2.13 bits per heavy atom. The smallest absolute Gasteiger partial charge is 0.300 e. The van der Waals surface area contributed by atoms with Crippen molar-refractivity contribution in [3.8, 4) is 10.3 Å². The topological polar surface area (TPSA) is 67.3 Å². The van der Waals surface area contributed by atoms with E-state index in [4.69, 9.17) is 4.74 Å². The van der Waals surface area contributed by atoms with E-state index in [1.165, 1.54) is 48.6 Å². The van der Waals surface area contributed by atoms with E-state index in [9.17, 15) is 4.79 Å². The first-order valence-corrected chi connectivity index (χ1v) is 9.42. The molecular weight excluding hydrogens is 332 g/mol. The summed E-state index contributed by atoms with van der Waals surface area (Å²) >= 11 is 2.74. The molecule has 0 radical (unpaired) electrons. The summed E-state index contributed by atoms with van der Waals surface area (Å²) in [5.41, 5.74) is 0. The Balaban J connectivity index is 1.39. The van der Waals surface area contributed by atoms with Gasteiger partial charge in [0.05, 0.1) is 4.88 Å². The molecule has 0 aromatic carbocycles. The number of nitrogens with zero attached hydrogens (tertiary/aromatic N) is 3. The molecule has 23 heavy (non-hydrogen) atoms. The van der Waals surface area contributed by atoms with E-state index in [1.807, 2.05) is 19.1 Å². The van der Waals surface area contributed by atoms with Gasteiger partial charge in [-0.15, -0.1) is 5.10 Å². The van der Waals surface area contributed by atoms with E-state index in [1.54, 1.807) is 0 Å². The van der Waals surface area contributed by atoms with E-state index < -0.39 is 0 Å². The second kappa shape index (κ2) is 6.18. The van der Waals surface area contributed by atoms with Gasteiger partial charge in [-0.2, -0.15) is 0 Å². The van der Waals surface area contributed by atoms with Gasteiger partial charge in [-0.05, 0) is 50.9 Å². The van der Waals surface area contributed by atoms with Crippen LogP contribution in [-0.4, -0.2) is 46.7 Å². The number of hydrogen-bond acceptors (Lipinski definition) is 7. The number of piperidine rings is 3. The molecule has 3 aliphatic heterocycles. The maximum absolute atomic E-state index is 12.5. The van der Waals surface area contributed by atoms with Gasteiger partial charge in [0.2, 0.25) is 0 Å². The fourth-order valence-corrected chi connectivity index (χ4v) is 4.63. The number of rotatable bonds is 4. The van der Waals surface area contributed by atoms with Crippen LogP contribution in [0, 0.1) is 12.8 Å². The number of aryl methyl sites for hydroxylation is 1. The highest BCUT2D eigenvalue weighted by atomic mass is 32.1. The first-order valence-electron chi connectivity index (χ1n) is 7.78. The van der Waals surface area contributed by atoms with Crippen molar-refractivity contribution in [2.45, 2.75) is 25.8 Å². The minimum Gasteiger partial charge on any atom is -0.419 e. The molecule has 5 rings (SSSR count). The van der Waals surface area contributed by atoms with Crippen LogP contribution in [0.5, 0.6) is 10.3 Å². The lowest BCUT2D eigenvalue weighted by atomic mass is 9.84. The Morgan fingerprint density at radius 1 is 1.30 bits per heavy atom. The standard InChI is InChI=1S/C15H18N4O2S2/c1-9-17-18-15(22-9)21-13-3-2-12(23-13)14(20)16-11-8-19-6-4-10(11)5-7-19/h2-3,10-11H,4-8H2,1H3,(H,16,20)/t11-/m0/s1. The van der Waals surface area contributed by atoms with Crippen LogP contribution in [0.4, 0.5) is 0 Å². The summed E-state index contributed by atoms with van der Waals surface area (Å²) in [4.78, 5) is 15.6. The molecule has 122 valence electrons. The molecule has 8 heteroatoms. The zero-order valence-corrected chi connectivity index (χ0v) is 14.5. The monoisotopic (exact) mass is 350 g/mol. The quantitative estimate of drug-likeness (QED) is 0.918. The van der Waals surface area contributed by atoms with Crippen LogP contribution in [0.3, 0.4) is 0 Å². The van der Waals surface area contributed by atoms with Crippen LogP contribution in [0.25, 0.3) is 0 Å². The summed E-state index contributed by atoms with van der Waals surface area (Å²) in [5.74, 6) is 0.626. The van der Waals surface area contributed by atoms with Crippen molar-refractivity contribution in [3.63, 3.8) is 0 Å². The Hall–Kier alpha value is -1.51. The molecule has 3 fully saturated rings. The zero-order valence-electron chi connectivity index (χ0n) is 12.8. The average Bonchev–Trinajstić information content (AvgIpc) is 3.18. The van der Waals surface area contributed by atoms with Crippen LogP contribution >= 0.6 is 22.7 Å². The largest absolute Gasteiger partial charge is 0.419 e. The number of nitrogens with one attached hydrogen (secondary N) is 1. The van der Waals surface area contributed by atoms with Gasteiger partial charge in [-0.25, -0.2) is 0 Å². The molecule has 6 nitrogen and oxygen atoms in total. The molecule has 2 bridgehead atoms. The number of carbonyl (C=O) groups excluding carboxylic acids is 1. The zero-order chi connectivity index (χ0) is 15.8. The van der Waals surface area contributed by atoms with Crippen molar-refractivity contribution in [1.82, 2.24) is 20.4 Å². The van der Waals surface area contributed by atoms with Crippen LogP contribution in [0.2, 0.25) is 0 Å². The van der Waals surface area contributed by atoms with E-state index >= 15 is 0 Å². The molecule has 0 spiro atoms. The molecule has 0 unspecified atom stereocenters. The van der Waals surface area contributed by atoms with Gasteiger partial charge in [0, 0.05) is 12.6 Å². The maximum atomic E-state index is 12.5. The predicted molar refractivity (Wildman–Crippen MR) is 89.5 cm³/mol. The van der Waals surface area contributed by atoms with Gasteiger partial charge in [-0.3, -0.25) is 4.79 Å². The lowest BCUT2D eigenvalue weighted by Gasteiger charge is -2.44. The summed E-state index contributed by atoms with van der Waals surface area (Å²) in [7, 11) is 0. The minimum atomic E-state index is -0.00274. The van der Waals surface area contributed by atoms with Gasteiger partial charge in [0.15, 0.2) is 5.06 Å². The molecule has 0 saturated carbocycles. The van der Waals surface area contributed by atoms with Gasteiger partial charge in [0.25, 0.3) is 11.1 Å². The third-order valence-corrected chi connectivity index (χ3v) is 6.15. The summed E-state index contributed by atoms with van der Waals surface area (Å²) in [5, 5.41) is 13.1. The van der Waals surface area contributed by atoms with Gasteiger partial charge in [0.1, 0.15) is 5.01 Å². The predicted octanol–water partition coefficient (Wildman–Crippen LogP) is 2.52. The van der Waals surface area contributed by atoms with E-state index in [0.717, 1.165) is 11.6 Å². The molecule has 0 aliphatic carbocycles.